The van der Waals surface area contributed by atoms with Crippen LogP contribution in [0.2, 0.25) is 0 Å². The van der Waals surface area contributed by atoms with Gasteiger partial charge in [0.1, 0.15) is 5.75 Å². The molecule has 1 rings (SSSR count). The van der Waals surface area contributed by atoms with E-state index >= 15 is 0 Å². The van der Waals surface area contributed by atoms with Crippen LogP contribution in [0, 0.1) is 0 Å². The van der Waals surface area contributed by atoms with E-state index < -0.39 is 0 Å². The number of hydrogen-bond donors (Lipinski definition) is 2. The maximum absolute atomic E-state index is 7.00. The van der Waals surface area contributed by atoms with Crippen LogP contribution in [0.5, 0.6) is 5.75 Å². The molecular weight excluding hydrogens is 259 g/mol. The molecule has 1 aromatic rings. The first kappa shape index (κ1) is 18.9. The first-order valence-corrected chi connectivity index (χ1v) is 6.36. The van der Waals surface area contributed by atoms with Crippen molar-refractivity contribution in [3.63, 3.8) is 0 Å². The molecule has 6 heteroatoms. The highest BCUT2D eigenvalue weighted by Gasteiger charge is 2.18. The fraction of sp³-hybridized carbons (Fsp3) is 0.571. The van der Waals surface area contributed by atoms with Crippen molar-refractivity contribution in [3.8, 4) is 5.75 Å². The number of para-hydroxylation sites is 1. The molecule has 0 aliphatic rings. The first-order valence-electron chi connectivity index (χ1n) is 6.36. The lowest BCUT2D eigenvalue weighted by atomic mass is 9.86. The Morgan fingerprint density at radius 1 is 1.10 bits per heavy atom. The van der Waals surface area contributed by atoms with E-state index in [1.807, 2.05) is 18.2 Å². The molecule has 0 atom stereocenters. The molecule has 0 heterocycles. The molecule has 0 fully saturated rings. The predicted octanol–water partition coefficient (Wildman–Crippen LogP) is 1.49. The Bertz CT molecular complexity index is 352. The van der Waals surface area contributed by atoms with Gasteiger partial charge < -0.3 is 24.3 Å². The second kappa shape index (κ2) is 10.7. The fourth-order valence-corrected chi connectivity index (χ4v) is 1.52. The quantitative estimate of drug-likeness (QED) is 0.470. The summed E-state index contributed by atoms with van der Waals surface area (Å²) in [6.07, 6.45) is 0. The summed E-state index contributed by atoms with van der Waals surface area (Å²) in [4.78, 5) is 0. The van der Waals surface area contributed by atoms with Gasteiger partial charge in [0.25, 0.3) is 0 Å². The summed E-state index contributed by atoms with van der Waals surface area (Å²) in [7, 11) is 1.65. The molecule has 0 bridgehead atoms. The number of benzene rings is 1. The van der Waals surface area contributed by atoms with Crippen LogP contribution in [0.3, 0.4) is 0 Å². The SMILES string of the molecule is COCCOCOc1ccccc1C(C)(C)C.O[B]O. The molecule has 20 heavy (non-hydrogen) atoms. The van der Waals surface area contributed by atoms with Gasteiger partial charge in [-0.05, 0) is 17.0 Å². The summed E-state index contributed by atoms with van der Waals surface area (Å²) >= 11 is 0. The number of methoxy groups -OCH3 is 1. The number of ether oxygens (including phenoxy) is 3. The molecule has 0 aliphatic carbocycles. The number of rotatable bonds is 6. The molecule has 113 valence electrons. The summed E-state index contributed by atoms with van der Waals surface area (Å²) < 4.78 is 15.8. The van der Waals surface area contributed by atoms with Crippen LogP contribution in [-0.2, 0) is 14.9 Å². The van der Waals surface area contributed by atoms with E-state index in [0.29, 0.717) is 13.2 Å². The highest BCUT2D eigenvalue weighted by Crippen LogP contribution is 2.30. The third kappa shape index (κ3) is 8.17. The molecular formula is C14H24BO5. The third-order valence-corrected chi connectivity index (χ3v) is 2.42. The van der Waals surface area contributed by atoms with E-state index in [-0.39, 0.29) is 19.9 Å². The van der Waals surface area contributed by atoms with Crippen molar-refractivity contribution in [2.45, 2.75) is 26.2 Å². The smallest absolute Gasteiger partial charge is 0.467 e. The minimum absolute atomic E-state index is 0. The van der Waals surface area contributed by atoms with E-state index in [9.17, 15) is 0 Å². The van der Waals surface area contributed by atoms with Gasteiger partial charge in [-0.25, -0.2) is 0 Å². The van der Waals surface area contributed by atoms with Crippen molar-refractivity contribution in [3.05, 3.63) is 29.8 Å². The zero-order valence-corrected chi connectivity index (χ0v) is 12.6. The van der Waals surface area contributed by atoms with Gasteiger partial charge >= 0.3 is 7.69 Å². The molecule has 2 N–H and O–H groups in total. The lowest BCUT2D eigenvalue weighted by molar-refractivity contribution is -0.00918. The van der Waals surface area contributed by atoms with E-state index in [2.05, 4.69) is 26.8 Å². The predicted molar refractivity (Wildman–Crippen MR) is 78.7 cm³/mol. The zero-order valence-electron chi connectivity index (χ0n) is 12.6. The van der Waals surface area contributed by atoms with Crippen molar-refractivity contribution in [2.24, 2.45) is 0 Å². The van der Waals surface area contributed by atoms with Crippen LogP contribution >= 0.6 is 0 Å². The Balaban J connectivity index is 0.00000110. The van der Waals surface area contributed by atoms with Crippen LogP contribution in [0.25, 0.3) is 0 Å². The second-order valence-electron chi connectivity index (χ2n) is 5.02. The minimum Gasteiger partial charge on any atom is -0.467 e. The van der Waals surface area contributed by atoms with Crippen molar-refractivity contribution < 1.29 is 24.3 Å². The minimum atomic E-state index is 0. The monoisotopic (exact) mass is 283 g/mol. The van der Waals surface area contributed by atoms with Crippen LogP contribution in [0.15, 0.2) is 24.3 Å². The molecule has 1 aromatic carbocycles. The van der Waals surface area contributed by atoms with Gasteiger partial charge in [0.15, 0.2) is 6.79 Å². The maximum atomic E-state index is 7.00. The van der Waals surface area contributed by atoms with Gasteiger partial charge in [0.05, 0.1) is 13.2 Å². The molecule has 0 saturated carbocycles. The first-order chi connectivity index (χ1) is 9.47. The zero-order chi connectivity index (χ0) is 15.4. The Labute approximate surface area is 121 Å². The van der Waals surface area contributed by atoms with Gasteiger partial charge in [-0.15, -0.1) is 0 Å². The van der Waals surface area contributed by atoms with Crippen molar-refractivity contribution in [1.29, 1.82) is 0 Å². The lowest BCUT2D eigenvalue weighted by Gasteiger charge is -2.22. The topological polar surface area (TPSA) is 68.2 Å². The van der Waals surface area contributed by atoms with Crippen LogP contribution in [-0.4, -0.2) is 44.8 Å². The van der Waals surface area contributed by atoms with Crippen LogP contribution in [0.1, 0.15) is 26.3 Å². The molecule has 0 spiro atoms. The molecule has 0 saturated heterocycles. The summed E-state index contributed by atoms with van der Waals surface area (Å²) in [5, 5.41) is 14.0. The molecule has 0 unspecified atom stereocenters. The normalized spacial score (nSPS) is 10.5. The molecule has 5 nitrogen and oxygen atoms in total. The lowest BCUT2D eigenvalue weighted by Crippen LogP contribution is -2.15. The summed E-state index contributed by atoms with van der Waals surface area (Å²) in [6.45, 7) is 7.90. The summed E-state index contributed by atoms with van der Waals surface area (Å²) in [5.41, 5.74) is 1.26. The Hall–Kier alpha value is -1.08. The van der Waals surface area contributed by atoms with E-state index in [1.54, 1.807) is 7.11 Å². The largest absolute Gasteiger partial charge is 0.482 e. The van der Waals surface area contributed by atoms with Crippen LogP contribution in [0.4, 0.5) is 0 Å². The highest BCUT2D eigenvalue weighted by molar-refractivity contribution is 6.13. The Morgan fingerprint density at radius 3 is 2.25 bits per heavy atom. The maximum Gasteiger partial charge on any atom is 0.482 e. The summed E-state index contributed by atoms with van der Waals surface area (Å²) in [5.74, 6) is 0.886. The van der Waals surface area contributed by atoms with Gasteiger partial charge in [-0.2, -0.15) is 0 Å². The highest BCUT2D eigenvalue weighted by atomic mass is 16.7. The number of hydrogen-bond acceptors (Lipinski definition) is 5. The Morgan fingerprint density at radius 2 is 1.70 bits per heavy atom. The molecule has 0 amide bonds. The van der Waals surface area contributed by atoms with Crippen molar-refractivity contribution >= 4 is 7.69 Å². The molecule has 0 aliphatic heterocycles. The fourth-order valence-electron chi connectivity index (χ4n) is 1.52. The van der Waals surface area contributed by atoms with Gasteiger partial charge in [-0.1, -0.05) is 39.0 Å². The van der Waals surface area contributed by atoms with E-state index in [4.69, 9.17) is 24.3 Å². The third-order valence-electron chi connectivity index (χ3n) is 2.42. The Kier molecular flexibility index (Phi) is 10.1. The van der Waals surface area contributed by atoms with Crippen molar-refractivity contribution in [1.82, 2.24) is 0 Å². The van der Waals surface area contributed by atoms with E-state index in [1.165, 1.54) is 5.56 Å². The standard InChI is InChI=1S/C14H22O3.BH2O2/c1-14(2,3)12-7-5-6-8-13(12)17-11-16-10-9-15-4;2-1-3/h5-8H,9-11H2,1-4H3;2-3H. The molecule has 1 radical (unpaired) electrons. The average molecular weight is 283 g/mol. The van der Waals surface area contributed by atoms with Gasteiger partial charge in [0, 0.05) is 7.11 Å². The van der Waals surface area contributed by atoms with Gasteiger partial charge in [-0.3, -0.25) is 0 Å². The molecule has 0 aromatic heterocycles. The van der Waals surface area contributed by atoms with Crippen molar-refractivity contribution in [2.75, 3.05) is 27.1 Å². The van der Waals surface area contributed by atoms with E-state index in [0.717, 1.165) is 5.75 Å². The van der Waals surface area contributed by atoms with Crippen LogP contribution < -0.4 is 4.74 Å². The average Bonchev–Trinajstić information content (AvgIpc) is 2.39. The summed E-state index contributed by atoms with van der Waals surface area (Å²) in [6, 6.07) is 8.06. The van der Waals surface area contributed by atoms with Gasteiger partial charge in [0.2, 0.25) is 0 Å². The second-order valence-corrected chi connectivity index (χ2v) is 5.02.